The first kappa shape index (κ1) is 18.3. The molecule has 1 heterocycles. The predicted molar refractivity (Wildman–Crippen MR) is 95.0 cm³/mol. The molecule has 0 spiro atoms. The standard InChI is InChI=1S/C17H23Cl2N3O/c1-3-8-21(11-15(23)12-22-9-4-7-20-22)13(2)14-5-6-16(18)17(19)10-14/h4-7,9-10,13,15,23H,3,8,11-12H2,1-2H3. The smallest absolute Gasteiger partial charge is 0.0862 e. The molecular weight excluding hydrogens is 333 g/mol. The highest BCUT2D eigenvalue weighted by molar-refractivity contribution is 6.42. The zero-order valence-electron chi connectivity index (χ0n) is 13.5. The number of hydrogen-bond donors (Lipinski definition) is 1. The molecule has 0 aliphatic carbocycles. The van der Waals surface area contributed by atoms with Gasteiger partial charge in [0.15, 0.2) is 0 Å². The molecule has 23 heavy (non-hydrogen) atoms. The first-order chi connectivity index (χ1) is 11.0. The molecule has 0 fully saturated rings. The predicted octanol–water partition coefficient (Wildman–Crippen LogP) is 4.02. The normalized spacial score (nSPS) is 14.2. The summed E-state index contributed by atoms with van der Waals surface area (Å²) in [6, 6.07) is 7.71. The van der Waals surface area contributed by atoms with Crippen molar-refractivity contribution in [3.8, 4) is 0 Å². The minimum absolute atomic E-state index is 0.150. The summed E-state index contributed by atoms with van der Waals surface area (Å²) in [5, 5.41) is 15.6. The Morgan fingerprint density at radius 1 is 1.30 bits per heavy atom. The molecule has 0 saturated heterocycles. The van der Waals surface area contributed by atoms with Gasteiger partial charge >= 0.3 is 0 Å². The molecule has 0 bridgehead atoms. The Kier molecular flexibility index (Phi) is 6.90. The maximum atomic E-state index is 10.4. The van der Waals surface area contributed by atoms with Crippen LogP contribution in [0.4, 0.5) is 0 Å². The highest BCUT2D eigenvalue weighted by Gasteiger charge is 2.19. The van der Waals surface area contributed by atoms with Crippen molar-refractivity contribution in [2.75, 3.05) is 13.1 Å². The molecule has 2 atom stereocenters. The van der Waals surface area contributed by atoms with E-state index in [2.05, 4.69) is 23.8 Å². The second-order valence-corrected chi connectivity index (χ2v) is 6.54. The second-order valence-electron chi connectivity index (χ2n) is 5.73. The van der Waals surface area contributed by atoms with Crippen LogP contribution in [0.15, 0.2) is 36.7 Å². The summed E-state index contributed by atoms with van der Waals surface area (Å²) >= 11 is 12.1. The third-order valence-electron chi connectivity index (χ3n) is 3.89. The number of hydrogen-bond acceptors (Lipinski definition) is 3. The maximum Gasteiger partial charge on any atom is 0.0862 e. The lowest BCUT2D eigenvalue weighted by Crippen LogP contribution is -2.37. The Morgan fingerprint density at radius 2 is 2.09 bits per heavy atom. The Hall–Kier alpha value is -1.07. The van der Waals surface area contributed by atoms with Crippen molar-refractivity contribution in [1.29, 1.82) is 0 Å². The van der Waals surface area contributed by atoms with E-state index in [1.54, 1.807) is 10.9 Å². The van der Waals surface area contributed by atoms with Crippen molar-refractivity contribution in [2.45, 2.75) is 39.0 Å². The molecule has 126 valence electrons. The van der Waals surface area contributed by atoms with Crippen molar-refractivity contribution < 1.29 is 5.11 Å². The molecule has 2 aromatic rings. The molecule has 4 nitrogen and oxygen atoms in total. The van der Waals surface area contributed by atoms with Gasteiger partial charge in [-0.15, -0.1) is 0 Å². The molecular formula is C17H23Cl2N3O. The number of aliphatic hydroxyl groups is 1. The van der Waals surface area contributed by atoms with E-state index < -0.39 is 6.10 Å². The largest absolute Gasteiger partial charge is 0.390 e. The third-order valence-corrected chi connectivity index (χ3v) is 4.63. The second kappa shape index (κ2) is 8.69. The van der Waals surface area contributed by atoms with Crippen LogP contribution in [0.3, 0.4) is 0 Å². The van der Waals surface area contributed by atoms with Gasteiger partial charge < -0.3 is 5.11 Å². The van der Waals surface area contributed by atoms with E-state index in [1.165, 1.54) is 0 Å². The lowest BCUT2D eigenvalue weighted by atomic mass is 10.1. The van der Waals surface area contributed by atoms with Gasteiger partial charge in [-0.25, -0.2) is 0 Å². The molecule has 1 aromatic carbocycles. The summed E-state index contributed by atoms with van der Waals surface area (Å²) in [5.74, 6) is 0. The van der Waals surface area contributed by atoms with Crippen molar-refractivity contribution in [3.05, 3.63) is 52.3 Å². The topological polar surface area (TPSA) is 41.3 Å². The van der Waals surface area contributed by atoms with Gasteiger partial charge in [0, 0.05) is 25.0 Å². The van der Waals surface area contributed by atoms with Crippen LogP contribution in [0, 0.1) is 0 Å². The Bertz CT molecular complexity index is 604. The Morgan fingerprint density at radius 3 is 2.70 bits per heavy atom. The molecule has 1 N–H and O–H groups in total. The first-order valence-corrected chi connectivity index (χ1v) is 8.61. The van der Waals surface area contributed by atoms with Crippen molar-refractivity contribution in [3.63, 3.8) is 0 Å². The number of halogens is 2. The maximum absolute atomic E-state index is 10.4. The van der Waals surface area contributed by atoms with Crippen LogP contribution in [0.2, 0.25) is 10.0 Å². The summed E-state index contributed by atoms with van der Waals surface area (Å²) in [4.78, 5) is 2.26. The van der Waals surface area contributed by atoms with Gasteiger partial charge in [-0.2, -0.15) is 5.10 Å². The number of aromatic nitrogens is 2. The van der Waals surface area contributed by atoms with Gasteiger partial charge in [-0.05, 0) is 43.7 Å². The highest BCUT2D eigenvalue weighted by Crippen LogP contribution is 2.28. The average Bonchev–Trinajstić information content (AvgIpc) is 3.01. The van der Waals surface area contributed by atoms with Gasteiger partial charge in [-0.3, -0.25) is 9.58 Å². The lowest BCUT2D eigenvalue weighted by Gasteiger charge is -2.31. The molecule has 0 saturated carbocycles. The lowest BCUT2D eigenvalue weighted by molar-refractivity contribution is 0.0764. The van der Waals surface area contributed by atoms with Crippen LogP contribution >= 0.6 is 23.2 Å². The summed E-state index contributed by atoms with van der Waals surface area (Å²) in [6.07, 6.45) is 4.11. The summed E-state index contributed by atoms with van der Waals surface area (Å²) < 4.78 is 1.75. The summed E-state index contributed by atoms with van der Waals surface area (Å²) in [5.41, 5.74) is 1.10. The van der Waals surface area contributed by atoms with Gasteiger partial charge in [-0.1, -0.05) is 36.2 Å². The van der Waals surface area contributed by atoms with Gasteiger partial charge in [0.25, 0.3) is 0 Å². The molecule has 1 aromatic heterocycles. The van der Waals surface area contributed by atoms with Crippen LogP contribution in [0.25, 0.3) is 0 Å². The molecule has 0 radical (unpaired) electrons. The quantitative estimate of drug-likeness (QED) is 0.777. The Labute approximate surface area is 147 Å². The fraction of sp³-hybridized carbons (Fsp3) is 0.471. The highest BCUT2D eigenvalue weighted by atomic mass is 35.5. The fourth-order valence-electron chi connectivity index (χ4n) is 2.67. The first-order valence-electron chi connectivity index (χ1n) is 7.85. The number of aliphatic hydroxyl groups excluding tert-OH is 1. The number of nitrogens with zero attached hydrogens (tertiary/aromatic N) is 3. The van der Waals surface area contributed by atoms with E-state index in [1.807, 2.05) is 30.5 Å². The van der Waals surface area contributed by atoms with E-state index in [9.17, 15) is 5.11 Å². The van der Waals surface area contributed by atoms with Crippen LogP contribution in [-0.2, 0) is 6.54 Å². The fourth-order valence-corrected chi connectivity index (χ4v) is 2.97. The zero-order chi connectivity index (χ0) is 16.8. The zero-order valence-corrected chi connectivity index (χ0v) is 15.0. The van der Waals surface area contributed by atoms with E-state index in [0.29, 0.717) is 23.1 Å². The number of benzene rings is 1. The molecule has 0 amide bonds. The molecule has 2 rings (SSSR count). The average molecular weight is 356 g/mol. The van der Waals surface area contributed by atoms with Crippen LogP contribution < -0.4 is 0 Å². The SMILES string of the molecule is CCCN(CC(O)Cn1cccn1)C(C)c1ccc(Cl)c(Cl)c1. The van der Waals surface area contributed by atoms with Crippen molar-refractivity contribution in [2.24, 2.45) is 0 Å². The summed E-state index contributed by atoms with van der Waals surface area (Å²) in [6.45, 7) is 6.22. The monoisotopic (exact) mass is 355 g/mol. The van der Waals surface area contributed by atoms with Crippen molar-refractivity contribution in [1.82, 2.24) is 14.7 Å². The van der Waals surface area contributed by atoms with Gasteiger partial charge in [0.2, 0.25) is 0 Å². The van der Waals surface area contributed by atoms with E-state index in [0.717, 1.165) is 18.5 Å². The van der Waals surface area contributed by atoms with Gasteiger partial charge in [0.1, 0.15) is 0 Å². The minimum Gasteiger partial charge on any atom is -0.390 e. The summed E-state index contributed by atoms with van der Waals surface area (Å²) in [7, 11) is 0. The molecule has 0 aliphatic heterocycles. The van der Waals surface area contributed by atoms with E-state index in [-0.39, 0.29) is 6.04 Å². The van der Waals surface area contributed by atoms with Crippen LogP contribution in [0.5, 0.6) is 0 Å². The van der Waals surface area contributed by atoms with Crippen LogP contribution in [0.1, 0.15) is 31.9 Å². The minimum atomic E-state index is -0.480. The molecule has 0 aliphatic rings. The van der Waals surface area contributed by atoms with E-state index in [4.69, 9.17) is 23.2 Å². The molecule has 6 heteroatoms. The third kappa shape index (κ3) is 5.21. The Balaban J connectivity index is 2.05. The van der Waals surface area contributed by atoms with Gasteiger partial charge in [0.05, 0.1) is 22.7 Å². The van der Waals surface area contributed by atoms with E-state index >= 15 is 0 Å². The van der Waals surface area contributed by atoms with Crippen molar-refractivity contribution >= 4 is 23.2 Å². The molecule has 2 unspecified atom stereocenters. The number of rotatable bonds is 8. The van der Waals surface area contributed by atoms with Crippen LogP contribution in [-0.4, -0.2) is 39.0 Å².